The summed E-state index contributed by atoms with van der Waals surface area (Å²) in [4.78, 5) is 27.5. The van der Waals surface area contributed by atoms with E-state index in [4.69, 9.17) is 0 Å². The van der Waals surface area contributed by atoms with Crippen LogP contribution >= 0.6 is 0 Å². The maximum Gasteiger partial charge on any atom is 0.251 e. The molecule has 1 aliphatic carbocycles. The van der Waals surface area contributed by atoms with Crippen LogP contribution in [-0.2, 0) is 21.4 Å². The van der Waals surface area contributed by atoms with Crippen LogP contribution in [0.5, 0.6) is 0 Å². The summed E-state index contributed by atoms with van der Waals surface area (Å²) >= 11 is 0. The van der Waals surface area contributed by atoms with Gasteiger partial charge in [-0.05, 0) is 80.5 Å². The Kier molecular flexibility index (Phi) is 7.09. The third-order valence-electron chi connectivity index (χ3n) is 6.99. The van der Waals surface area contributed by atoms with E-state index in [2.05, 4.69) is 5.32 Å². The number of carbonyl (C=O) groups excluding carboxylic acids is 2. The third-order valence-corrected chi connectivity index (χ3v) is 8.88. The van der Waals surface area contributed by atoms with Crippen molar-refractivity contribution >= 4 is 21.8 Å². The van der Waals surface area contributed by atoms with Gasteiger partial charge in [-0.3, -0.25) is 9.59 Å². The maximum absolute atomic E-state index is 13.4. The van der Waals surface area contributed by atoms with Gasteiger partial charge in [-0.15, -0.1) is 0 Å². The molecule has 8 heteroatoms. The molecule has 0 atom stereocenters. The number of hydrogen-bond acceptors (Lipinski definition) is 4. The Morgan fingerprint density at radius 3 is 2.18 bits per heavy atom. The highest BCUT2D eigenvalue weighted by molar-refractivity contribution is 7.89. The fraction of sp³-hybridized carbons (Fsp3) is 0.462. The molecule has 1 heterocycles. The second-order valence-corrected chi connectivity index (χ2v) is 11.3. The molecule has 0 spiro atoms. The van der Waals surface area contributed by atoms with Gasteiger partial charge in [0.2, 0.25) is 15.9 Å². The van der Waals surface area contributed by atoms with Crippen molar-refractivity contribution in [1.82, 2.24) is 14.5 Å². The summed E-state index contributed by atoms with van der Waals surface area (Å²) in [6.45, 7) is 5.09. The minimum absolute atomic E-state index is 0.112. The topological polar surface area (TPSA) is 86.8 Å². The molecule has 1 saturated heterocycles. The first-order valence-electron chi connectivity index (χ1n) is 11.9. The summed E-state index contributed by atoms with van der Waals surface area (Å²) in [5.41, 5.74) is 3.59. The quantitative estimate of drug-likeness (QED) is 0.655. The first-order valence-corrected chi connectivity index (χ1v) is 13.3. The zero-order valence-corrected chi connectivity index (χ0v) is 20.9. The summed E-state index contributed by atoms with van der Waals surface area (Å²) < 4.78 is 27.8. The number of carbonyl (C=O) groups is 2. The SMILES string of the molecule is CNC(=O)c1ccc(CN(C(=O)C2CCN(S(=O)(=O)c3ccc(C)c(C)c3)CC2)C2CC2)cc1. The molecular weight excluding hydrogens is 450 g/mol. The van der Waals surface area contributed by atoms with Gasteiger partial charge in [-0.25, -0.2) is 8.42 Å². The maximum atomic E-state index is 13.4. The number of piperidine rings is 1. The predicted octanol–water partition coefficient (Wildman–Crippen LogP) is 3.25. The lowest BCUT2D eigenvalue weighted by atomic mass is 9.96. The first kappa shape index (κ1) is 24.4. The van der Waals surface area contributed by atoms with Gasteiger partial charge < -0.3 is 10.2 Å². The molecule has 2 aromatic rings. The second-order valence-electron chi connectivity index (χ2n) is 9.40. The molecular formula is C26H33N3O4S. The van der Waals surface area contributed by atoms with Crippen molar-refractivity contribution in [3.05, 3.63) is 64.7 Å². The summed E-state index contributed by atoms with van der Waals surface area (Å²) in [5.74, 6) is -0.192. The van der Waals surface area contributed by atoms with Gasteiger partial charge in [0.25, 0.3) is 5.91 Å². The largest absolute Gasteiger partial charge is 0.355 e. The molecule has 1 N–H and O–H groups in total. The molecule has 0 aromatic heterocycles. The summed E-state index contributed by atoms with van der Waals surface area (Å²) in [6.07, 6.45) is 3.06. The van der Waals surface area contributed by atoms with Crippen LogP contribution in [0.25, 0.3) is 0 Å². The van der Waals surface area contributed by atoms with Crippen LogP contribution in [0.3, 0.4) is 0 Å². The molecule has 4 rings (SSSR count). The number of amides is 2. The van der Waals surface area contributed by atoms with Crippen LogP contribution in [0, 0.1) is 19.8 Å². The molecule has 0 unspecified atom stereocenters. The molecule has 0 radical (unpaired) electrons. The van der Waals surface area contributed by atoms with Crippen LogP contribution in [0.15, 0.2) is 47.4 Å². The van der Waals surface area contributed by atoms with E-state index in [0.717, 1.165) is 29.5 Å². The van der Waals surface area contributed by atoms with Crippen LogP contribution in [0.2, 0.25) is 0 Å². The fourth-order valence-electron chi connectivity index (χ4n) is 4.48. The number of benzene rings is 2. The molecule has 2 fully saturated rings. The fourth-order valence-corrected chi connectivity index (χ4v) is 6.03. The van der Waals surface area contributed by atoms with Gasteiger partial charge in [0.15, 0.2) is 0 Å². The Labute approximate surface area is 202 Å². The third kappa shape index (κ3) is 5.18. The molecule has 34 heavy (non-hydrogen) atoms. The van der Waals surface area contributed by atoms with Gasteiger partial charge >= 0.3 is 0 Å². The monoisotopic (exact) mass is 483 g/mol. The van der Waals surface area contributed by atoms with Crippen molar-refractivity contribution in [2.75, 3.05) is 20.1 Å². The van der Waals surface area contributed by atoms with E-state index in [9.17, 15) is 18.0 Å². The van der Waals surface area contributed by atoms with Gasteiger partial charge in [0.1, 0.15) is 0 Å². The Bertz CT molecular complexity index is 1170. The number of nitrogens with zero attached hydrogens (tertiary/aromatic N) is 2. The number of nitrogens with one attached hydrogen (secondary N) is 1. The van der Waals surface area contributed by atoms with E-state index in [1.165, 1.54) is 4.31 Å². The normalized spacial score (nSPS) is 17.4. The second kappa shape index (κ2) is 9.88. The van der Waals surface area contributed by atoms with Crippen molar-refractivity contribution < 1.29 is 18.0 Å². The molecule has 1 saturated carbocycles. The highest BCUT2D eigenvalue weighted by atomic mass is 32.2. The van der Waals surface area contributed by atoms with E-state index >= 15 is 0 Å². The van der Waals surface area contributed by atoms with Crippen molar-refractivity contribution in [2.45, 2.75) is 57.0 Å². The molecule has 1 aliphatic heterocycles. The smallest absolute Gasteiger partial charge is 0.251 e. The van der Waals surface area contributed by atoms with Gasteiger partial charge in [0, 0.05) is 44.2 Å². The molecule has 0 bridgehead atoms. The average molecular weight is 484 g/mol. The Balaban J connectivity index is 1.40. The van der Waals surface area contributed by atoms with Crippen molar-refractivity contribution in [1.29, 1.82) is 0 Å². The Morgan fingerprint density at radius 2 is 1.62 bits per heavy atom. The van der Waals surface area contributed by atoms with Crippen LogP contribution < -0.4 is 5.32 Å². The van der Waals surface area contributed by atoms with Crippen LogP contribution in [0.4, 0.5) is 0 Å². The van der Waals surface area contributed by atoms with E-state index in [1.54, 1.807) is 31.3 Å². The minimum atomic E-state index is -3.56. The Morgan fingerprint density at radius 1 is 0.971 bits per heavy atom. The first-order chi connectivity index (χ1) is 16.2. The molecule has 7 nitrogen and oxygen atoms in total. The number of rotatable bonds is 7. The lowest BCUT2D eigenvalue weighted by Gasteiger charge is -2.34. The zero-order chi connectivity index (χ0) is 24.5. The number of sulfonamides is 1. The number of hydrogen-bond donors (Lipinski definition) is 1. The van der Waals surface area contributed by atoms with Gasteiger partial charge in [-0.2, -0.15) is 4.31 Å². The van der Waals surface area contributed by atoms with Crippen LogP contribution in [0.1, 0.15) is 52.7 Å². The lowest BCUT2D eigenvalue weighted by Crippen LogP contribution is -2.44. The number of aryl methyl sites for hydroxylation is 2. The lowest BCUT2D eigenvalue weighted by molar-refractivity contribution is -0.138. The van der Waals surface area contributed by atoms with Gasteiger partial charge in [-0.1, -0.05) is 18.2 Å². The summed E-state index contributed by atoms with van der Waals surface area (Å²) in [7, 11) is -1.96. The van der Waals surface area contributed by atoms with Gasteiger partial charge in [0.05, 0.1) is 4.90 Å². The highest BCUT2D eigenvalue weighted by Crippen LogP contribution is 2.33. The van der Waals surface area contributed by atoms with Crippen molar-refractivity contribution in [2.24, 2.45) is 5.92 Å². The van der Waals surface area contributed by atoms with E-state index in [0.29, 0.717) is 42.9 Å². The minimum Gasteiger partial charge on any atom is -0.355 e. The predicted molar refractivity (Wildman–Crippen MR) is 131 cm³/mol. The summed E-state index contributed by atoms with van der Waals surface area (Å²) in [5, 5.41) is 2.61. The van der Waals surface area contributed by atoms with E-state index in [-0.39, 0.29) is 23.8 Å². The van der Waals surface area contributed by atoms with Crippen molar-refractivity contribution in [3.8, 4) is 0 Å². The average Bonchev–Trinajstić information content (AvgIpc) is 3.69. The standard InChI is InChI=1S/C26H33N3O4S/c1-18-4-11-24(16-19(18)2)34(32,33)28-14-12-22(13-15-28)26(31)29(23-9-10-23)17-20-5-7-21(8-6-20)25(30)27-3/h4-8,11,16,22-23H,9-10,12-15,17H2,1-3H3,(H,27,30). The Hall–Kier alpha value is -2.71. The molecule has 2 aromatic carbocycles. The van der Waals surface area contributed by atoms with E-state index in [1.807, 2.05) is 36.9 Å². The van der Waals surface area contributed by atoms with E-state index < -0.39 is 10.0 Å². The van der Waals surface area contributed by atoms with Crippen molar-refractivity contribution in [3.63, 3.8) is 0 Å². The van der Waals surface area contributed by atoms with Crippen LogP contribution in [-0.4, -0.2) is 55.6 Å². The highest BCUT2D eigenvalue weighted by Gasteiger charge is 2.38. The molecule has 182 valence electrons. The summed E-state index contributed by atoms with van der Waals surface area (Å²) in [6, 6.07) is 12.8. The zero-order valence-electron chi connectivity index (χ0n) is 20.1. The molecule has 2 amide bonds. The molecule has 2 aliphatic rings.